The molecule has 0 aliphatic rings. The molecular weight excluding hydrogens is 447 g/mol. The van der Waals surface area contributed by atoms with E-state index in [9.17, 15) is 4.79 Å². The number of methoxy groups -OCH3 is 1. The number of rotatable bonds is 9. The Balaban J connectivity index is 1.60. The summed E-state index contributed by atoms with van der Waals surface area (Å²) in [5, 5.41) is 12.7. The quantitative estimate of drug-likeness (QED) is 0.450. The highest BCUT2D eigenvalue weighted by atomic mass is 35.5. The van der Waals surface area contributed by atoms with E-state index in [-0.39, 0.29) is 18.3 Å². The number of para-hydroxylation sites is 2. The third kappa shape index (κ3) is 5.81. The Bertz CT molecular complexity index is 1010. The molecule has 0 saturated carbocycles. The maximum Gasteiger partial charge on any atom is 0.234 e. The van der Waals surface area contributed by atoms with Crippen molar-refractivity contribution in [1.29, 1.82) is 0 Å². The first-order valence-electron chi connectivity index (χ1n) is 9.06. The number of hydrogen-bond acceptors (Lipinski definition) is 6. The highest BCUT2D eigenvalue weighted by Crippen LogP contribution is 2.27. The summed E-state index contributed by atoms with van der Waals surface area (Å²) in [6.07, 6.45) is 0. The summed E-state index contributed by atoms with van der Waals surface area (Å²) in [7, 11) is 1.59. The summed E-state index contributed by atoms with van der Waals surface area (Å²) in [6, 6.07) is 12.3. The number of benzene rings is 2. The molecular formula is C20H20Cl2N4O3S. The second-order valence-corrected chi connectivity index (χ2v) is 7.89. The SMILES string of the molecule is CCn1c(COc2ccccc2OC)nnc1SCC(=O)Nc1cc(Cl)cc(Cl)c1. The third-order valence-electron chi connectivity index (χ3n) is 4.01. The molecule has 3 rings (SSSR count). The molecule has 0 atom stereocenters. The smallest absolute Gasteiger partial charge is 0.234 e. The molecule has 10 heteroatoms. The molecule has 1 N–H and O–H groups in total. The van der Waals surface area contributed by atoms with Gasteiger partial charge in [-0.05, 0) is 37.3 Å². The van der Waals surface area contributed by atoms with Gasteiger partial charge >= 0.3 is 0 Å². The van der Waals surface area contributed by atoms with Gasteiger partial charge in [-0.25, -0.2) is 0 Å². The lowest BCUT2D eigenvalue weighted by atomic mass is 10.3. The molecule has 0 aliphatic carbocycles. The zero-order valence-electron chi connectivity index (χ0n) is 16.4. The molecule has 7 nitrogen and oxygen atoms in total. The van der Waals surface area contributed by atoms with E-state index in [1.54, 1.807) is 25.3 Å². The van der Waals surface area contributed by atoms with Crippen LogP contribution < -0.4 is 14.8 Å². The van der Waals surface area contributed by atoms with Gasteiger partial charge in [0, 0.05) is 22.3 Å². The van der Waals surface area contributed by atoms with Gasteiger partial charge in [0.15, 0.2) is 22.5 Å². The molecule has 30 heavy (non-hydrogen) atoms. The second-order valence-electron chi connectivity index (χ2n) is 6.08. The molecule has 0 unspecified atom stereocenters. The van der Waals surface area contributed by atoms with Gasteiger partial charge in [-0.3, -0.25) is 4.79 Å². The summed E-state index contributed by atoms with van der Waals surface area (Å²) in [5.74, 6) is 1.89. The number of nitrogens with zero attached hydrogens (tertiary/aromatic N) is 3. The number of nitrogens with one attached hydrogen (secondary N) is 1. The number of anilines is 1. The molecule has 0 aliphatic heterocycles. The van der Waals surface area contributed by atoms with Crippen molar-refractivity contribution in [1.82, 2.24) is 14.8 Å². The van der Waals surface area contributed by atoms with E-state index in [1.807, 2.05) is 35.8 Å². The fourth-order valence-corrected chi connectivity index (χ4v) is 4.03. The second kappa shape index (κ2) is 10.6. The first-order chi connectivity index (χ1) is 14.5. The van der Waals surface area contributed by atoms with Crippen LogP contribution in [0, 0.1) is 0 Å². The summed E-state index contributed by atoms with van der Waals surface area (Å²) in [5.41, 5.74) is 0.543. The van der Waals surface area contributed by atoms with Crippen LogP contribution in [0.25, 0.3) is 0 Å². The van der Waals surface area contributed by atoms with Crippen molar-refractivity contribution in [2.24, 2.45) is 0 Å². The van der Waals surface area contributed by atoms with Crippen LogP contribution >= 0.6 is 35.0 Å². The minimum Gasteiger partial charge on any atom is -0.493 e. The predicted octanol–water partition coefficient (Wildman–Crippen LogP) is 4.92. The van der Waals surface area contributed by atoms with Crippen LogP contribution in [0.3, 0.4) is 0 Å². The number of carbonyl (C=O) groups excluding carboxylic acids is 1. The third-order valence-corrected chi connectivity index (χ3v) is 5.42. The van der Waals surface area contributed by atoms with E-state index in [0.29, 0.717) is 44.8 Å². The van der Waals surface area contributed by atoms with E-state index in [4.69, 9.17) is 32.7 Å². The van der Waals surface area contributed by atoms with Gasteiger partial charge in [-0.15, -0.1) is 10.2 Å². The molecule has 1 heterocycles. The lowest BCUT2D eigenvalue weighted by molar-refractivity contribution is -0.113. The lowest BCUT2D eigenvalue weighted by Gasteiger charge is -2.11. The van der Waals surface area contributed by atoms with Crippen molar-refractivity contribution in [3.63, 3.8) is 0 Å². The minimum atomic E-state index is -0.198. The van der Waals surface area contributed by atoms with Gasteiger partial charge in [0.25, 0.3) is 0 Å². The summed E-state index contributed by atoms with van der Waals surface area (Å²) in [6.45, 7) is 2.86. The average molecular weight is 467 g/mol. The Morgan fingerprint density at radius 2 is 1.83 bits per heavy atom. The number of halogens is 2. The Kier molecular flexibility index (Phi) is 7.84. The van der Waals surface area contributed by atoms with Gasteiger partial charge in [-0.2, -0.15) is 0 Å². The summed E-state index contributed by atoms with van der Waals surface area (Å²) >= 11 is 13.2. The number of hydrogen-bond donors (Lipinski definition) is 1. The van der Waals surface area contributed by atoms with Crippen LogP contribution in [-0.4, -0.2) is 33.5 Å². The van der Waals surface area contributed by atoms with Crippen molar-refractivity contribution in [2.45, 2.75) is 25.2 Å². The zero-order chi connectivity index (χ0) is 21.5. The Morgan fingerprint density at radius 3 is 2.50 bits per heavy atom. The molecule has 3 aromatic rings. The van der Waals surface area contributed by atoms with Crippen molar-refractivity contribution in [2.75, 3.05) is 18.2 Å². The topological polar surface area (TPSA) is 78.3 Å². The van der Waals surface area contributed by atoms with Crippen LogP contribution in [0.4, 0.5) is 5.69 Å². The Hall–Kier alpha value is -2.42. The highest BCUT2D eigenvalue weighted by Gasteiger charge is 2.15. The van der Waals surface area contributed by atoms with E-state index in [2.05, 4.69) is 15.5 Å². The Morgan fingerprint density at radius 1 is 1.13 bits per heavy atom. The van der Waals surface area contributed by atoms with Gasteiger partial charge in [-0.1, -0.05) is 47.1 Å². The normalized spacial score (nSPS) is 10.7. The first kappa shape index (κ1) is 22.3. The van der Waals surface area contributed by atoms with Crippen molar-refractivity contribution in [3.8, 4) is 11.5 Å². The molecule has 0 fully saturated rings. The number of amides is 1. The van der Waals surface area contributed by atoms with E-state index in [1.165, 1.54) is 11.8 Å². The molecule has 0 spiro atoms. The standard InChI is InChI=1S/C20H20Cl2N4O3S/c1-3-26-18(11-29-17-7-5-4-6-16(17)28-2)24-25-20(26)30-12-19(27)23-15-9-13(21)8-14(22)10-15/h4-10H,3,11-12H2,1-2H3,(H,23,27). The molecule has 2 aromatic carbocycles. The van der Waals surface area contributed by atoms with Gasteiger partial charge in [0.05, 0.1) is 12.9 Å². The maximum absolute atomic E-state index is 12.3. The fraction of sp³-hybridized carbons (Fsp3) is 0.250. The Labute approximate surface area is 188 Å². The van der Waals surface area contributed by atoms with E-state index < -0.39 is 0 Å². The molecule has 0 bridgehead atoms. The molecule has 1 amide bonds. The van der Waals surface area contributed by atoms with Crippen LogP contribution in [0.1, 0.15) is 12.7 Å². The number of aromatic nitrogens is 3. The highest BCUT2D eigenvalue weighted by molar-refractivity contribution is 7.99. The van der Waals surface area contributed by atoms with Crippen LogP contribution in [0.2, 0.25) is 10.0 Å². The van der Waals surface area contributed by atoms with E-state index >= 15 is 0 Å². The minimum absolute atomic E-state index is 0.162. The molecule has 0 saturated heterocycles. The molecule has 158 valence electrons. The number of carbonyl (C=O) groups is 1. The number of thioether (sulfide) groups is 1. The summed E-state index contributed by atoms with van der Waals surface area (Å²) in [4.78, 5) is 12.3. The van der Waals surface area contributed by atoms with Crippen LogP contribution in [0.5, 0.6) is 11.5 Å². The predicted molar refractivity (Wildman–Crippen MR) is 119 cm³/mol. The maximum atomic E-state index is 12.3. The van der Waals surface area contributed by atoms with Gasteiger partial charge in [0.1, 0.15) is 6.61 Å². The molecule has 1 aromatic heterocycles. The summed E-state index contributed by atoms with van der Waals surface area (Å²) < 4.78 is 13.0. The lowest BCUT2D eigenvalue weighted by Crippen LogP contribution is -2.15. The first-order valence-corrected chi connectivity index (χ1v) is 10.8. The van der Waals surface area contributed by atoms with Crippen LogP contribution in [0.15, 0.2) is 47.6 Å². The monoisotopic (exact) mass is 466 g/mol. The van der Waals surface area contributed by atoms with Gasteiger partial charge < -0.3 is 19.4 Å². The van der Waals surface area contributed by atoms with Crippen molar-refractivity contribution >= 4 is 46.6 Å². The fourth-order valence-electron chi connectivity index (χ4n) is 2.68. The average Bonchev–Trinajstić information content (AvgIpc) is 3.12. The zero-order valence-corrected chi connectivity index (χ0v) is 18.7. The van der Waals surface area contributed by atoms with Crippen LogP contribution in [-0.2, 0) is 17.9 Å². The number of ether oxygens (including phenoxy) is 2. The molecule has 0 radical (unpaired) electrons. The van der Waals surface area contributed by atoms with E-state index in [0.717, 1.165) is 0 Å². The largest absolute Gasteiger partial charge is 0.493 e. The van der Waals surface area contributed by atoms with Gasteiger partial charge in [0.2, 0.25) is 5.91 Å². The van der Waals surface area contributed by atoms with Crippen molar-refractivity contribution in [3.05, 3.63) is 58.3 Å². The van der Waals surface area contributed by atoms with Crippen molar-refractivity contribution < 1.29 is 14.3 Å².